The standard InChI is InChI=1S/C13H24N4O3S/c1-2-4-14-5-3-6-16-12-13(11-15-16)21(18,19)17-7-9-20-10-8-17/h11-12,14H,2-10H2,1H3. The topological polar surface area (TPSA) is 76.5 Å². The molecule has 120 valence electrons. The molecule has 1 saturated heterocycles. The van der Waals surface area contributed by atoms with Gasteiger partial charge in [-0.25, -0.2) is 8.42 Å². The summed E-state index contributed by atoms with van der Waals surface area (Å²) in [5.74, 6) is 0. The van der Waals surface area contributed by atoms with Crippen LogP contribution in [-0.4, -0.2) is 61.9 Å². The maximum Gasteiger partial charge on any atom is 0.246 e. The maximum absolute atomic E-state index is 12.4. The summed E-state index contributed by atoms with van der Waals surface area (Å²) < 4.78 is 33.2. The quantitative estimate of drug-likeness (QED) is 0.698. The Hall–Kier alpha value is -0.960. The van der Waals surface area contributed by atoms with Gasteiger partial charge in [0.25, 0.3) is 0 Å². The van der Waals surface area contributed by atoms with Crippen molar-refractivity contribution in [2.24, 2.45) is 0 Å². The fraction of sp³-hybridized carbons (Fsp3) is 0.769. The highest BCUT2D eigenvalue weighted by Crippen LogP contribution is 2.16. The summed E-state index contributed by atoms with van der Waals surface area (Å²) in [6.07, 6.45) is 5.09. The Balaban J connectivity index is 1.89. The van der Waals surface area contributed by atoms with E-state index >= 15 is 0 Å². The molecule has 1 aliphatic heterocycles. The van der Waals surface area contributed by atoms with E-state index in [-0.39, 0.29) is 4.90 Å². The van der Waals surface area contributed by atoms with Crippen molar-refractivity contribution in [2.45, 2.75) is 31.2 Å². The second kappa shape index (κ2) is 7.88. The predicted molar refractivity (Wildman–Crippen MR) is 79.6 cm³/mol. The molecule has 0 atom stereocenters. The van der Waals surface area contributed by atoms with E-state index in [1.165, 1.54) is 10.5 Å². The van der Waals surface area contributed by atoms with Gasteiger partial charge in [-0.1, -0.05) is 6.92 Å². The van der Waals surface area contributed by atoms with Gasteiger partial charge in [0, 0.05) is 25.8 Å². The first-order chi connectivity index (χ1) is 10.1. The van der Waals surface area contributed by atoms with Crippen LogP contribution in [0.5, 0.6) is 0 Å². The first-order valence-corrected chi connectivity index (χ1v) is 8.89. The lowest BCUT2D eigenvalue weighted by Crippen LogP contribution is -2.40. The molecular formula is C13H24N4O3S. The molecule has 0 aromatic carbocycles. The lowest BCUT2D eigenvalue weighted by Gasteiger charge is -2.25. The highest BCUT2D eigenvalue weighted by molar-refractivity contribution is 7.89. The third-order valence-corrected chi connectivity index (χ3v) is 5.24. The number of nitrogens with zero attached hydrogens (tertiary/aromatic N) is 3. The van der Waals surface area contributed by atoms with Gasteiger partial charge in [0.2, 0.25) is 10.0 Å². The van der Waals surface area contributed by atoms with Crippen LogP contribution in [0.4, 0.5) is 0 Å². The average molecular weight is 316 g/mol. The number of hydrogen-bond acceptors (Lipinski definition) is 5. The van der Waals surface area contributed by atoms with Gasteiger partial charge in [-0.2, -0.15) is 9.40 Å². The van der Waals surface area contributed by atoms with Crippen LogP contribution in [0.2, 0.25) is 0 Å². The molecule has 2 heterocycles. The molecule has 0 saturated carbocycles. The number of ether oxygens (including phenoxy) is 1. The van der Waals surface area contributed by atoms with Gasteiger partial charge in [0.05, 0.1) is 19.4 Å². The van der Waals surface area contributed by atoms with Crippen molar-refractivity contribution in [3.63, 3.8) is 0 Å². The van der Waals surface area contributed by atoms with Crippen molar-refractivity contribution >= 4 is 10.0 Å². The summed E-state index contributed by atoms with van der Waals surface area (Å²) in [5.41, 5.74) is 0. The zero-order valence-electron chi connectivity index (χ0n) is 12.5. The summed E-state index contributed by atoms with van der Waals surface area (Å²) in [6.45, 7) is 6.50. The maximum atomic E-state index is 12.4. The van der Waals surface area contributed by atoms with Crippen LogP contribution in [0.25, 0.3) is 0 Å². The third kappa shape index (κ3) is 4.50. The van der Waals surface area contributed by atoms with Crippen molar-refractivity contribution in [3.8, 4) is 0 Å². The number of hydrogen-bond donors (Lipinski definition) is 1. The largest absolute Gasteiger partial charge is 0.379 e. The molecule has 0 aliphatic carbocycles. The van der Waals surface area contributed by atoms with Crippen LogP contribution < -0.4 is 5.32 Å². The number of aryl methyl sites for hydroxylation is 1. The summed E-state index contributed by atoms with van der Waals surface area (Å²) in [5, 5.41) is 7.46. The first kappa shape index (κ1) is 16.4. The van der Waals surface area contributed by atoms with Gasteiger partial charge in [0.1, 0.15) is 4.90 Å². The minimum atomic E-state index is -3.43. The van der Waals surface area contributed by atoms with E-state index in [4.69, 9.17) is 4.74 Å². The van der Waals surface area contributed by atoms with Crippen molar-refractivity contribution in [2.75, 3.05) is 39.4 Å². The summed E-state index contributed by atoms with van der Waals surface area (Å²) in [6, 6.07) is 0. The molecule has 2 rings (SSSR count). The second-order valence-corrected chi connectivity index (χ2v) is 7.00. The highest BCUT2D eigenvalue weighted by atomic mass is 32.2. The number of nitrogens with one attached hydrogen (secondary N) is 1. The average Bonchev–Trinajstić information content (AvgIpc) is 2.98. The minimum Gasteiger partial charge on any atom is -0.379 e. The van der Waals surface area contributed by atoms with Crippen LogP contribution in [0.15, 0.2) is 17.3 Å². The Morgan fingerprint density at radius 2 is 2.10 bits per heavy atom. The van der Waals surface area contributed by atoms with Crippen LogP contribution in [0.1, 0.15) is 19.8 Å². The molecule has 8 heteroatoms. The zero-order chi connectivity index (χ0) is 15.1. The van der Waals surface area contributed by atoms with Crippen molar-refractivity contribution in [1.82, 2.24) is 19.4 Å². The van der Waals surface area contributed by atoms with Gasteiger partial charge in [0.15, 0.2) is 0 Å². The van der Waals surface area contributed by atoms with E-state index < -0.39 is 10.0 Å². The van der Waals surface area contributed by atoms with E-state index in [1.54, 1.807) is 10.9 Å². The summed E-state index contributed by atoms with van der Waals surface area (Å²) in [7, 11) is -3.43. The number of morpholine rings is 1. The molecule has 0 bridgehead atoms. The molecule has 0 amide bonds. The predicted octanol–water partition coefficient (Wildman–Crippen LogP) is 0.294. The molecule has 7 nitrogen and oxygen atoms in total. The molecule has 0 unspecified atom stereocenters. The lowest BCUT2D eigenvalue weighted by atomic mass is 10.4. The van der Waals surface area contributed by atoms with Crippen LogP contribution >= 0.6 is 0 Å². The number of aromatic nitrogens is 2. The minimum absolute atomic E-state index is 0.269. The lowest BCUT2D eigenvalue weighted by molar-refractivity contribution is 0.0730. The van der Waals surface area contributed by atoms with E-state index in [1.807, 2.05) is 0 Å². The van der Waals surface area contributed by atoms with Gasteiger partial charge in [-0.05, 0) is 25.9 Å². The van der Waals surface area contributed by atoms with E-state index in [0.29, 0.717) is 26.3 Å². The van der Waals surface area contributed by atoms with Crippen LogP contribution in [0, 0.1) is 0 Å². The number of rotatable bonds is 8. The Bertz CT molecular complexity index is 523. The Kier molecular flexibility index (Phi) is 6.16. The van der Waals surface area contributed by atoms with Gasteiger partial charge in [-0.3, -0.25) is 4.68 Å². The molecular weight excluding hydrogens is 292 g/mol. The van der Waals surface area contributed by atoms with Gasteiger partial charge >= 0.3 is 0 Å². The Morgan fingerprint density at radius 3 is 2.81 bits per heavy atom. The molecule has 1 aromatic rings. The molecule has 1 aliphatic rings. The monoisotopic (exact) mass is 316 g/mol. The Morgan fingerprint density at radius 1 is 1.33 bits per heavy atom. The summed E-state index contributed by atoms with van der Waals surface area (Å²) >= 11 is 0. The van der Waals surface area contributed by atoms with Crippen molar-refractivity contribution in [3.05, 3.63) is 12.4 Å². The first-order valence-electron chi connectivity index (χ1n) is 7.45. The smallest absolute Gasteiger partial charge is 0.246 e. The van der Waals surface area contributed by atoms with Crippen LogP contribution in [0.3, 0.4) is 0 Å². The van der Waals surface area contributed by atoms with Gasteiger partial charge < -0.3 is 10.1 Å². The SMILES string of the molecule is CCCNCCCn1cc(S(=O)(=O)N2CCOCC2)cn1. The number of sulfonamides is 1. The van der Waals surface area contributed by atoms with Crippen molar-refractivity contribution < 1.29 is 13.2 Å². The molecule has 0 radical (unpaired) electrons. The third-order valence-electron chi connectivity index (χ3n) is 3.38. The highest BCUT2D eigenvalue weighted by Gasteiger charge is 2.27. The molecule has 21 heavy (non-hydrogen) atoms. The Labute approximate surface area is 126 Å². The normalized spacial score (nSPS) is 17.2. The zero-order valence-corrected chi connectivity index (χ0v) is 13.3. The van der Waals surface area contributed by atoms with E-state index in [2.05, 4.69) is 17.3 Å². The molecule has 1 aromatic heterocycles. The van der Waals surface area contributed by atoms with E-state index in [9.17, 15) is 8.42 Å². The molecule has 1 N–H and O–H groups in total. The summed E-state index contributed by atoms with van der Waals surface area (Å²) in [4.78, 5) is 0.269. The van der Waals surface area contributed by atoms with Gasteiger partial charge in [-0.15, -0.1) is 0 Å². The van der Waals surface area contributed by atoms with E-state index in [0.717, 1.165) is 32.5 Å². The molecule has 1 fully saturated rings. The van der Waals surface area contributed by atoms with Crippen molar-refractivity contribution in [1.29, 1.82) is 0 Å². The second-order valence-electron chi connectivity index (χ2n) is 5.06. The van der Waals surface area contributed by atoms with Crippen LogP contribution in [-0.2, 0) is 21.3 Å². The fourth-order valence-electron chi connectivity index (χ4n) is 2.20. The fourth-order valence-corrected chi connectivity index (χ4v) is 3.57. The molecule has 0 spiro atoms.